The third-order valence-electron chi connectivity index (χ3n) is 27.5. The fraction of sp³-hybridized carbons (Fsp3) is 0.342. The first-order chi connectivity index (χ1) is 71.2. The Morgan fingerprint density at radius 3 is 1.42 bits per heavy atom. The summed E-state index contributed by atoms with van der Waals surface area (Å²) < 4.78 is 17.8. The molecule has 0 radical (unpaired) electrons. The van der Waals surface area contributed by atoms with Gasteiger partial charge in [-0.1, -0.05) is 137 Å². The number of hydrogen-bond acceptors (Lipinski definition) is 24. The van der Waals surface area contributed by atoms with E-state index in [2.05, 4.69) is 155 Å². The monoisotopic (exact) mass is 1980 g/mol. The van der Waals surface area contributed by atoms with Crippen LogP contribution in [0.5, 0.6) is 11.5 Å². The third kappa shape index (κ3) is 25.4. The zero-order chi connectivity index (χ0) is 102. The van der Waals surface area contributed by atoms with Crippen molar-refractivity contribution in [2.24, 2.45) is 5.73 Å². The predicted molar refractivity (Wildman–Crippen MR) is 584 cm³/mol. The van der Waals surface area contributed by atoms with E-state index in [1.807, 2.05) is 218 Å². The van der Waals surface area contributed by atoms with Crippen LogP contribution in [-0.4, -0.2) is 227 Å². The number of nitrogens with zero attached hydrogens (tertiary/aromatic N) is 19. The minimum Gasteiger partial charge on any atom is -0.481 e. The molecule has 8 aromatic carbocycles. The highest BCUT2D eigenvalue weighted by atomic mass is 32.1. The lowest BCUT2D eigenvalue weighted by Crippen LogP contribution is -2.37. The van der Waals surface area contributed by atoms with E-state index < -0.39 is 5.91 Å². The summed E-state index contributed by atoms with van der Waals surface area (Å²) in [6, 6.07) is 75.2. The van der Waals surface area contributed by atoms with Crippen LogP contribution in [0.2, 0.25) is 0 Å². The van der Waals surface area contributed by atoms with E-state index in [9.17, 15) is 24.0 Å². The number of ketones is 3. The fourth-order valence-electron chi connectivity index (χ4n) is 20.3. The van der Waals surface area contributed by atoms with E-state index in [0.717, 1.165) is 255 Å². The normalized spacial score (nSPS) is 15.3. The molecular weight excluding hydrogens is 1840 g/mol. The number of Topliss-reactive ketones (excluding diaryl/α,β-unsaturated/α-hetero) is 3. The highest BCUT2D eigenvalue weighted by molar-refractivity contribution is 7.13. The maximum Gasteiger partial charge on any atom is 0.257 e. The van der Waals surface area contributed by atoms with E-state index in [-0.39, 0.29) is 54.6 Å². The number of para-hydroxylation sites is 3. The van der Waals surface area contributed by atoms with Crippen molar-refractivity contribution < 1.29 is 33.4 Å². The van der Waals surface area contributed by atoms with Gasteiger partial charge in [0.05, 0.1) is 79.3 Å². The Balaban J connectivity index is 0.000000133. The van der Waals surface area contributed by atoms with Crippen LogP contribution in [0.25, 0.3) is 71.2 Å². The number of amides is 2. The Kier molecular flexibility index (Phi) is 34.6. The predicted octanol–water partition coefficient (Wildman–Crippen LogP) is 19.3. The quantitative estimate of drug-likeness (QED) is 0.0423. The molecule has 4 aliphatic heterocycles. The Hall–Kier alpha value is -14.8. The number of rotatable bonds is 30. The van der Waals surface area contributed by atoms with Gasteiger partial charge in [0.2, 0.25) is 0 Å². The van der Waals surface area contributed by atoms with Gasteiger partial charge in [-0.15, -0.1) is 11.3 Å². The molecule has 0 spiro atoms. The van der Waals surface area contributed by atoms with Gasteiger partial charge in [-0.3, -0.25) is 63.5 Å². The average Bonchev–Trinajstić information content (AvgIpc) is 1.38. The Morgan fingerprint density at radius 1 is 0.438 bits per heavy atom. The molecular formula is C117H133N21O7S. The van der Waals surface area contributed by atoms with Crippen molar-refractivity contribution in [3.63, 3.8) is 0 Å². The third-order valence-corrected chi connectivity index (χ3v) is 28.4. The molecule has 20 rings (SSSR count). The molecule has 3 unspecified atom stereocenters. The lowest BCUT2D eigenvalue weighted by Gasteiger charge is -2.30. The van der Waals surface area contributed by atoms with E-state index in [1.54, 1.807) is 38.3 Å². The molecule has 0 saturated carbocycles. The number of benzene rings is 8. The van der Waals surface area contributed by atoms with E-state index in [4.69, 9.17) is 50.4 Å². The zero-order valence-electron chi connectivity index (χ0n) is 85.2. The SMILES string of the molecule is CC(=O)C(c1csc(-c2ccccc2)n1)N1CCCN(c2cc(C(C)C)cc3cccnc23)CC1.CC(=O)CC(c1ccn(-c2ccccc2)n1)N1CCCN(c2c(OCC(N)=O)c(C)cc3cccnc23)CC1.CCCNC(=O)COc1c(C)cc2cccnc2c1N1CCCN(Cc2ccn(-c3ccccc3)n2)CC1.CCc1cc(N2CCCN(C(C(C)=O)c3ccn(-c4ccccc4)n3)CC2)c2ncccc2c1. The second-order valence-electron chi connectivity index (χ2n) is 38.4. The summed E-state index contributed by atoms with van der Waals surface area (Å²) in [5, 5.41) is 24.8. The number of primary amides is 1. The van der Waals surface area contributed by atoms with Crippen molar-refractivity contribution in [3.8, 4) is 39.1 Å². The Labute approximate surface area is 859 Å². The van der Waals surface area contributed by atoms with Crippen LogP contribution in [-0.2, 0) is 36.9 Å². The summed E-state index contributed by atoms with van der Waals surface area (Å²) >= 11 is 1.61. The molecule has 4 saturated heterocycles. The highest BCUT2D eigenvalue weighted by Crippen LogP contribution is 2.43. The molecule has 8 aromatic heterocycles. The van der Waals surface area contributed by atoms with Gasteiger partial charge >= 0.3 is 0 Å². The Morgan fingerprint density at radius 2 is 0.890 bits per heavy atom. The van der Waals surface area contributed by atoms with Crippen molar-refractivity contribution in [2.45, 2.75) is 138 Å². The molecule has 0 aliphatic carbocycles. The zero-order valence-corrected chi connectivity index (χ0v) is 86.0. The van der Waals surface area contributed by atoms with E-state index in [0.29, 0.717) is 31.2 Å². The molecule has 0 bridgehead atoms. The van der Waals surface area contributed by atoms with Gasteiger partial charge in [0, 0.05) is 200 Å². The molecule has 4 aliphatic rings. The number of nitrogens with one attached hydrogen (secondary N) is 1. The molecule has 754 valence electrons. The van der Waals surface area contributed by atoms with Gasteiger partial charge in [0.15, 0.2) is 24.8 Å². The van der Waals surface area contributed by atoms with Crippen LogP contribution in [0, 0.1) is 13.8 Å². The molecule has 4 fully saturated rings. The Bertz CT molecular complexity index is 7120. The van der Waals surface area contributed by atoms with Gasteiger partial charge < -0.3 is 40.1 Å². The first-order valence-electron chi connectivity index (χ1n) is 51.3. The topological polar surface area (TPSA) is 286 Å². The summed E-state index contributed by atoms with van der Waals surface area (Å²) in [6.07, 6.45) is 19.4. The van der Waals surface area contributed by atoms with Gasteiger partial charge in [0.1, 0.15) is 45.7 Å². The van der Waals surface area contributed by atoms with Crippen molar-refractivity contribution in [2.75, 3.05) is 144 Å². The molecule has 28 nitrogen and oxygen atoms in total. The summed E-state index contributed by atoms with van der Waals surface area (Å²) in [5.74, 6) is 1.62. The number of ether oxygens (including phenoxy) is 2. The number of hydrogen-bond donors (Lipinski definition) is 2. The van der Waals surface area contributed by atoms with Crippen LogP contribution in [0.3, 0.4) is 0 Å². The number of pyridine rings is 4. The van der Waals surface area contributed by atoms with Gasteiger partial charge in [-0.05, 0) is 217 Å². The minimum absolute atomic E-state index is 0.00375. The molecule has 3 atom stereocenters. The van der Waals surface area contributed by atoms with Gasteiger partial charge in [-0.25, -0.2) is 19.0 Å². The van der Waals surface area contributed by atoms with Crippen molar-refractivity contribution >= 4 is 107 Å². The number of aryl methyl sites for hydroxylation is 3. The number of carbonyl (C=O) groups excluding carboxylic acids is 5. The molecule has 2 amide bonds. The van der Waals surface area contributed by atoms with Crippen molar-refractivity contribution in [1.29, 1.82) is 0 Å². The number of anilines is 4. The number of nitrogens with two attached hydrogens (primary N) is 1. The second-order valence-corrected chi connectivity index (χ2v) is 39.2. The molecule has 29 heteroatoms. The average molecular weight is 1980 g/mol. The van der Waals surface area contributed by atoms with Crippen LogP contribution < -0.4 is 40.1 Å². The first-order valence-corrected chi connectivity index (χ1v) is 52.2. The molecule has 3 N–H and O–H groups in total. The smallest absolute Gasteiger partial charge is 0.257 e. The summed E-state index contributed by atoms with van der Waals surface area (Å²) in [6.45, 7) is 32.6. The lowest BCUT2D eigenvalue weighted by atomic mass is 9.99. The summed E-state index contributed by atoms with van der Waals surface area (Å²) in [4.78, 5) is 105. The molecule has 16 aromatic rings. The summed E-state index contributed by atoms with van der Waals surface area (Å²) in [5.41, 5.74) is 25.9. The number of aromatic nitrogens is 11. The van der Waals surface area contributed by atoms with Crippen molar-refractivity contribution in [1.82, 2.24) is 79.2 Å². The molecule has 146 heavy (non-hydrogen) atoms. The summed E-state index contributed by atoms with van der Waals surface area (Å²) in [7, 11) is 0. The van der Waals surface area contributed by atoms with Gasteiger partial charge in [-0.2, -0.15) is 15.3 Å². The highest BCUT2D eigenvalue weighted by Gasteiger charge is 2.35. The standard InChI is InChI=1S/C30H34N6O3.C30H36N6O2.C29H32N4OS.C28H31N5O/c1-21-18-23-8-6-12-32-28(23)29(30(21)39-20-27(31)38)35-14-7-13-34(16-17-35)26(19-22(2)37)25-11-15-36(33-25)24-9-4-3-5-10-24;1-3-13-31-27(37)22-38-30-23(2)20-24-9-7-14-32-28(24)29(30)35-16-8-15-34(18-19-35)21-25-12-17-36(33-25)26-10-5-4-6-11-26;1-20(2)24-17-23-11-7-12-30-27(23)26(18-24)32-13-8-14-33(16-15-32)28(21(3)34)25-19-35-29(31-25)22-9-5-4-6-10-22;1-3-22-19-23-9-7-13-29-27(23)26(20-22)31-14-8-15-32(18-17-31)28(21(2)34)25-12-16-33(30-25)24-10-5-4-6-11-24/h3-6,8-12,15,18,26H,7,13-14,16-17,19-20H2,1-2H3,(H2,31,38);4-7,9-12,14,17,20H,3,8,13,15-16,18-19,21-22H2,1-2H3,(H,31,37);4-7,9-12,17-20,28H,8,13-16H2,1-3H3;4-7,9-13,16,19-20,28H,3,8,14-15,17-18H2,1-2H3. The van der Waals surface area contributed by atoms with Crippen LogP contribution in [0.15, 0.2) is 273 Å². The van der Waals surface area contributed by atoms with E-state index >= 15 is 0 Å². The van der Waals surface area contributed by atoms with Crippen LogP contribution in [0.1, 0.15) is 156 Å². The van der Waals surface area contributed by atoms with Crippen LogP contribution in [0.4, 0.5) is 22.7 Å². The second kappa shape index (κ2) is 49.2. The number of fused-ring (bicyclic) bond motifs is 4. The lowest BCUT2D eigenvalue weighted by molar-refractivity contribution is -0.123. The largest absolute Gasteiger partial charge is 0.481 e. The minimum atomic E-state index is -0.523. The number of thiazole rings is 1. The van der Waals surface area contributed by atoms with Crippen LogP contribution >= 0.6 is 11.3 Å². The van der Waals surface area contributed by atoms with E-state index in [1.165, 1.54) is 33.3 Å². The van der Waals surface area contributed by atoms with Gasteiger partial charge in [0.25, 0.3) is 11.8 Å². The van der Waals surface area contributed by atoms with Crippen molar-refractivity contribution in [3.05, 3.63) is 318 Å². The maximum atomic E-state index is 12.8. The first kappa shape index (κ1) is 103. The molecule has 12 heterocycles. The number of carbonyl (C=O) groups is 5. The maximum absolute atomic E-state index is 12.8. The fourth-order valence-corrected chi connectivity index (χ4v) is 21.2.